The highest BCUT2D eigenvalue weighted by molar-refractivity contribution is 7.98. The van der Waals surface area contributed by atoms with Gasteiger partial charge in [-0.15, -0.1) is 0 Å². The Labute approximate surface area is 137 Å². The summed E-state index contributed by atoms with van der Waals surface area (Å²) in [6, 6.07) is 3.58. The monoisotopic (exact) mass is 341 g/mol. The summed E-state index contributed by atoms with van der Waals surface area (Å²) in [4.78, 5) is 20.6. The van der Waals surface area contributed by atoms with Crippen LogP contribution in [0.1, 0.15) is 13.8 Å². The molecule has 0 unspecified atom stereocenters. The number of carbonyl (C=O) groups excluding carboxylic acids is 1. The van der Waals surface area contributed by atoms with Crippen LogP contribution in [0.3, 0.4) is 0 Å². The molecule has 0 aliphatic carbocycles. The van der Waals surface area contributed by atoms with E-state index in [0.717, 1.165) is 21.3 Å². The Morgan fingerprint density at radius 2 is 2.14 bits per heavy atom. The van der Waals surface area contributed by atoms with E-state index in [9.17, 15) is 4.79 Å². The molecule has 0 spiro atoms. The van der Waals surface area contributed by atoms with Gasteiger partial charge in [-0.05, 0) is 18.4 Å². The molecule has 112 valence electrons. The van der Waals surface area contributed by atoms with E-state index >= 15 is 0 Å². The molecule has 0 saturated carbocycles. The number of thiazole rings is 1. The fourth-order valence-corrected chi connectivity index (χ4v) is 3.44. The molecular formula is C14H16ClN3OS2. The van der Waals surface area contributed by atoms with Crippen LogP contribution in [0.4, 0.5) is 5.00 Å². The molecule has 0 aromatic carbocycles. The van der Waals surface area contributed by atoms with E-state index in [1.54, 1.807) is 30.2 Å². The number of hydrogen-bond donors (Lipinski definition) is 1. The highest BCUT2D eigenvalue weighted by Crippen LogP contribution is 2.30. The van der Waals surface area contributed by atoms with Crippen LogP contribution < -0.4 is 5.32 Å². The van der Waals surface area contributed by atoms with Crippen molar-refractivity contribution in [3.63, 3.8) is 0 Å². The van der Waals surface area contributed by atoms with Gasteiger partial charge in [0.05, 0.1) is 11.6 Å². The minimum atomic E-state index is -0.411. The predicted molar refractivity (Wildman–Crippen MR) is 91.1 cm³/mol. The third-order valence-corrected chi connectivity index (χ3v) is 5.03. The van der Waals surface area contributed by atoms with Crippen LogP contribution in [0.2, 0.25) is 5.15 Å². The molecule has 21 heavy (non-hydrogen) atoms. The second kappa shape index (κ2) is 6.77. The number of halogens is 1. The fraction of sp³-hybridized carbons (Fsp3) is 0.357. The Bertz CT molecular complexity index is 625. The van der Waals surface area contributed by atoms with Crippen molar-refractivity contribution in [3.8, 4) is 10.6 Å². The largest absolute Gasteiger partial charge is 0.316 e. The Hall–Kier alpha value is -1.11. The van der Waals surface area contributed by atoms with E-state index in [4.69, 9.17) is 11.6 Å². The van der Waals surface area contributed by atoms with Crippen molar-refractivity contribution in [3.05, 3.63) is 29.7 Å². The van der Waals surface area contributed by atoms with E-state index in [-0.39, 0.29) is 5.91 Å². The average Bonchev–Trinajstić information content (AvgIpc) is 2.88. The van der Waals surface area contributed by atoms with Gasteiger partial charge >= 0.3 is 0 Å². The summed E-state index contributed by atoms with van der Waals surface area (Å²) in [6.07, 6.45) is 5.33. The Morgan fingerprint density at radius 1 is 1.38 bits per heavy atom. The van der Waals surface area contributed by atoms with Gasteiger partial charge in [0.15, 0.2) is 0 Å². The maximum absolute atomic E-state index is 12.2. The number of carbonyl (C=O) groups is 1. The lowest BCUT2D eigenvalue weighted by atomic mass is 9.95. The quantitative estimate of drug-likeness (QED) is 0.828. The van der Waals surface area contributed by atoms with Crippen molar-refractivity contribution in [2.24, 2.45) is 5.41 Å². The van der Waals surface area contributed by atoms with E-state index in [1.165, 1.54) is 11.3 Å². The third kappa shape index (κ3) is 4.18. The van der Waals surface area contributed by atoms with Crippen LogP contribution in [0.5, 0.6) is 0 Å². The van der Waals surface area contributed by atoms with Crippen molar-refractivity contribution in [2.75, 3.05) is 17.3 Å². The summed E-state index contributed by atoms with van der Waals surface area (Å²) in [7, 11) is 0. The Morgan fingerprint density at radius 3 is 2.76 bits per heavy atom. The molecule has 2 rings (SSSR count). The molecule has 0 radical (unpaired) electrons. The van der Waals surface area contributed by atoms with E-state index in [1.807, 2.05) is 26.2 Å². The summed E-state index contributed by atoms with van der Waals surface area (Å²) in [6.45, 7) is 3.87. The molecule has 0 fully saturated rings. The number of nitrogens with one attached hydrogen (secondary N) is 1. The number of amides is 1. The zero-order chi connectivity index (χ0) is 15.5. The molecule has 0 bridgehead atoms. The van der Waals surface area contributed by atoms with Crippen molar-refractivity contribution in [2.45, 2.75) is 13.8 Å². The first-order valence-corrected chi connectivity index (χ1v) is 8.89. The molecule has 1 amide bonds. The zero-order valence-corrected chi connectivity index (χ0v) is 14.4. The third-order valence-electron chi connectivity index (χ3n) is 2.84. The first-order valence-electron chi connectivity index (χ1n) is 6.30. The summed E-state index contributed by atoms with van der Waals surface area (Å²) >= 11 is 8.84. The SMILES string of the molecule is CSCC(C)(C)C(=O)Nc1cnc(-c2ccc(Cl)nc2)s1. The second-order valence-electron chi connectivity index (χ2n) is 5.17. The highest BCUT2D eigenvalue weighted by atomic mass is 35.5. The van der Waals surface area contributed by atoms with Gasteiger partial charge in [-0.2, -0.15) is 11.8 Å². The molecule has 0 atom stereocenters. The van der Waals surface area contributed by atoms with Gasteiger partial charge in [-0.25, -0.2) is 9.97 Å². The number of aromatic nitrogens is 2. The number of anilines is 1. The number of rotatable bonds is 5. The van der Waals surface area contributed by atoms with Gasteiger partial charge in [0.1, 0.15) is 15.2 Å². The molecule has 7 heteroatoms. The zero-order valence-electron chi connectivity index (χ0n) is 12.0. The highest BCUT2D eigenvalue weighted by Gasteiger charge is 2.27. The summed E-state index contributed by atoms with van der Waals surface area (Å²) in [5.74, 6) is 0.771. The van der Waals surface area contributed by atoms with Crippen molar-refractivity contribution in [1.29, 1.82) is 0 Å². The molecule has 0 aliphatic rings. The first-order chi connectivity index (χ1) is 9.92. The maximum atomic E-state index is 12.2. The summed E-state index contributed by atoms with van der Waals surface area (Å²) in [5.41, 5.74) is 0.471. The van der Waals surface area contributed by atoms with Crippen molar-refractivity contribution in [1.82, 2.24) is 9.97 Å². The fourth-order valence-electron chi connectivity index (χ4n) is 1.68. The molecule has 4 nitrogen and oxygen atoms in total. The normalized spacial score (nSPS) is 11.4. The van der Waals surface area contributed by atoms with Crippen molar-refractivity contribution < 1.29 is 4.79 Å². The molecule has 0 saturated heterocycles. The molecule has 1 N–H and O–H groups in total. The van der Waals surface area contributed by atoms with E-state index < -0.39 is 5.41 Å². The number of thioether (sulfide) groups is 1. The summed E-state index contributed by atoms with van der Waals surface area (Å²) < 4.78 is 0. The predicted octanol–water partition coefficient (Wildman–Crippen LogP) is 4.19. The van der Waals surface area contributed by atoms with Gasteiger partial charge < -0.3 is 5.32 Å². The Balaban J connectivity index is 2.10. The minimum Gasteiger partial charge on any atom is -0.316 e. The van der Waals surface area contributed by atoms with E-state index in [2.05, 4.69) is 15.3 Å². The number of pyridine rings is 1. The molecule has 2 heterocycles. The minimum absolute atomic E-state index is 0.00119. The van der Waals surface area contributed by atoms with Crippen LogP contribution in [-0.4, -0.2) is 27.9 Å². The van der Waals surface area contributed by atoms with Gasteiger partial charge in [-0.3, -0.25) is 4.79 Å². The van der Waals surface area contributed by atoms with E-state index in [0.29, 0.717) is 5.15 Å². The molecular weight excluding hydrogens is 326 g/mol. The molecule has 2 aromatic rings. The molecule has 0 aliphatic heterocycles. The van der Waals surface area contributed by atoms with Gasteiger partial charge in [0, 0.05) is 17.5 Å². The number of hydrogen-bond acceptors (Lipinski definition) is 5. The van der Waals surface area contributed by atoms with Crippen LogP contribution in [-0.2, 0) is 4.79 Å². The van der Waals surface area contributed by atoms with Crippen LogP contribution in [0, 0.1) is 5.41 Å². The maximum Gasteiger partial charge on any atom is 0.231 e. The average molecular weight is 342 g/mol. The van der Waals surface area contributed by atoms with Gasteiger partial charge in [-0.1, -0.05) is 36.8 Å². The summed E-state index contributed by atoms with van der Waals surface area (Å²) in [5, 5.41) is 4.91. The van der Waals surface area contributed by atoms with Crippen LogP contribution >= 0.6 is 34.7 Å². The van der Waals surface area contributed by atoms with Crippen LogP contribution in [0.15, 0.2) is 24.5 Å². The first kappa shape index (κ1) is 16.3. The standard InChI is InChI=1S/C14H16ClN3OS2/c1-14(2,8-20-3)13(19)18-11-7-17-12(21-11)9-4-5-10(15)16-6-9/h4-7H,8H2,1-3H3,(H,18,19). The lowest BCUT2D eigenvalue weighted by Gasteiger charge is -2.21. The Kier molecular flexibility index (Phi) is 5.24. The number of nitrogens with zero attached hydrogens (tertiary/aromatic N) is 2. The molecule has 2 aromatic heterocycles. The topological polar surface area (TPSA) is 54.9 Å². The van der Waals surface area contributed by atoms with Gasteiger partial charge in [0.2, 0.25) is 5.91 Å². The lowest BCUT2D eigenvalue weighted by molar-refractivity contribution is -0.122. The van der Waals surface area contributed by atoms with Crippen LogP contribution in [0.25, 0.3) is 10.6 Å². The van der Waals surface area contributed by atoms with Gasteiger partial charge in [0.25, 0.3) is 0 Å². The second-order valence-corrected chi connectivity index (χ2v) is 7.45. The smallest absolute Gasteiger partial charge is 0.231 e. The van der Waals surface area contributed by atoms with Crippen molar-refractivity contribution >= 4 is 45.6 Å². The lowest BCUT2D eigenvalue weighted by Crippen LogP contribution is -2.32.